The smallest absolute Gasteiger partial charge is 0.195 e. The Morgan fingerprint density at radius 2 is 1.30 bits per heavy atom. The van der Waals surface area contributed by atoms with Crippen molar-refractivity contribution in [3.05, 3.63) is 77.9 Å². The molecule has 7 heteroatoms. The van der Waals surface area contributed by atoms with Gasteiger partial charge < -0.3 is 24.0 Å². The van der Waals surface area contributed by atoms with Gasteiger partial charge in [0.1, 0.15) is 30.5 Å². The van der Waals surface area contributed by atoms with Crippen LogP contribution in [0, 0.1) is 0 Å². The van der Waals surface area contributed by atoms with E-state index in [0.717, 1.165) is 50.9 Å². The van der Waals surface area contributed by atoms with Gasteiger partial charge in [-0.2, -0.15) is 0 Å². The molecule has 0 amide bonds. The number of ketones is 1. The summed E-state index contributed by atoms with van der Waals surface area (Å²) in [6.07, 6.45) is 0. The fourth-order valence-corrected chi connectivity index (χ4v) is 5.11. The Kier molecular flexibility index (Phi) is 8.82. The Hall–Kier alpha value is -3.39. The summed E-state index contributed by atoms with van der Waals surface area (Å²) in [4.78, 5) is 18.9. The van der Waals surface area contributed by atoms with Gasteiger partial charge in [-0.25, -0.2) is 0 Å². The van der Waals surface area contributed by atoms with Crippen LogP contribution in [0.5, 0.6) is 17.2 Å². The minimum atomic E-state index is -0.0161. The average molecular weight is 519 g/mol. The van der Waals surface area contributed by atoms with Gasteiger partial charge in [-0.15, -0.1) is 11.3 Å². The number of ether oxygens (including phenoxy) is 3. The van der Waals surface area contributed by atoms with E-state index in [2.05, 4.69) is 9.80 Å². The second-order valence-electron chi connectivity index (χ2n) is 9.35. The molecule has 0 saturated heterocycles. The molecular formula is C30H34N2O4S. The number of benzene rings is 3. The number of likely N-dealkylation sites (N-methyl/N-ethyl adjacent to an activating group) is 2. The van der Waals surface area contributed by atoms with Crippen LogP contribution in [0.2, 0.25) is 0 Å². The van der Waals surface area contributed by atoms with Crippen LogP contribution in [0.25, 0.3) is 20.5 Å². The monoisotopic (exact) mass is 518 g/mol. The van der Waals surface area contributed by atoms with E-state index >= 15 is 0 Å². The predicted molar refractivity (Wildman–Crippen MR) is 152 cm³/mol. The molecule has 0 aliphatic carbocycles. The standard InChI is InChI=1S/C30H34N2O4S/c1-31(2)16-18-35-23-10-6-21(7-11-23)29(33)28-26-15-14-25(34-5)20-27(26)37-30(28)22-8-12-24(13-9-22)36-19-17-32(3)4/h6-15,20H,16-19H2,1-5H3. The minimum Gasteiger partial charge on any atom is -0.497 e. The zero-order chi connectivity index (χ0) is 26.4. The molecule has 4 aromatic rings. The molecule has 0 N–H and O–H groups in total. The van der Waals surface area contributed by atoms with Crippen molar-refractivity contribution in [2.45, 2.75) is 0 Å². The minimum absolute atomic E-state index is 0.0161. The SMILES string of the molecule is COc1ccc2c(C(=O)c3ccc(OCCN(C)C)cc3)c(-c3ccc(OCCN(C)C)cc3)sc2c1. The average Bonchev–Trinajstić information content (AvgIpc) is 3.27. The van der Waals surface area contributed by atoms with Crippen molar-refractivity contribution >= 4 is 27.2 Å². The van der Waals surface area contributed by atoms with Gasteiger partial charge in [-0.3, -0.25) is 4.79 Å². The molecule has 37 heavy (non-hydrogen) atoms. The lowest BCUT2D eigenvalue weighted by Crippen LogP contribution is -2.19. The highest BCUT2D eigenvalue weighted by Crippen LogP contribution is 2.41. The Bertz CT molecular complexity index is 1330. The fourth-order valence-electron chi connectivity index (χ4n) is 3.87. The van der Waals surface area contributed by atoms with Gasteiger partial charge in [0.25, 0.3) is 0 Å². The number of hydrogen-bond acceptors (Lipinski definition) is 7. The largest absolute Gasteiger partial charge is 0.497 e. The van der Waals surface area contributed by atoms with E-state index in [1.54, 1.807) is 18.4 Å². The summed E-state index contributed by atoms with van der Waals surface area (Å²) in [5, 5.41) is 0.920. The van der Waals surface area contributed by atoms with E-state index in [1.807, 2.05) is 94.9 Å². The van der Waals surface area contributed by atoms with Crippen LogP contribution in [-0.2, 0) is 0 Å². The molecule has 0 spiro atoms. The Balaban J connectivity index is 1.65. The topological polar surface area (TPSA) is 51.2 Å². The molecule has 0 aliphatic heterocycles. The third kappa shape index (κ3) is 6.68. The van der Waals surface area contributed by atoms with Crippen molar-refractivity contribution in [1.82, 2.24) is 9.80 Å². The maximum absolute atomic E-state index is 13.9. The third-order valence-corrected chi connectivity index (χ3v) is 7.17. The number of rotatable bonds is 12. The quantitative estimate of drug-likeness (QED) is 0.225. The molecule has 0 bridgehead atoms. The van der Waals surface area contributed by atoms with Crippen molar-refractivity contribution in [2.24, 2.45) is 0 Å². The van der Waals surface area contributed by atoms with Gasteiger partial charge in [-0.1, -0.05) is 0 Å². The first-order valence-corrected chi connectivity index (χ1v) is 13.1. The number of carbonyl (C=O) groups is 1. The van der Waals surface area contributed by atoms with Crippen molar-refractivity contribution < 1.29 is 19.0 Å². The summed E-state index contributed by atoms with van der Waals surface area (Å²) >= 11 is 1.60. The first kappa shape index (κ1) is 26.7. The van der Waals surface area contributed by atoms with Crippen molar-refractivity contribution in [3.63, 3.8) is 0 Å². The molecular weight excluding hydrogens is 484 g/mol. The van der Waals surface area contributed by atoms with E-state index in [9.17, 15) is 4.79 Å². The van der Waals surface area contributed by atoms with E-state index < -0.39 is 0 Å². The molecule has 6 nitrogen and oxygen atoms in total. The second-order valence-corrected chi connectivity index (χ2v) is 10.4. The molecule has 0 aliphatic rings. The number of thiophene rings is 1. The van der Waals surface area contributed by atoms with E-state index in [0.29, 0.717) is 24.3 Å². The Morgan fingerprint density at radius 1 is 0.757 bits per heavy atom. The van der Waals surface area contributed by atoms with Crippen molar-refractivity contribution in [1.29, 1.82) is 0 Å². The van der Waals surface area contributed by atoms with Gasteiger partial charge in [0.05, 0.1) is 7.11 Å². The number of methoxy groups -OCH3 is 1. The van der Waals surface area contributed by atoms with Crippen LogP contribution in [0.1, 0.15) is 15.9 Å². The molecule has 1 heterocycles. The molecule has 0 radical (unpaired) electrons. The highest BCUT2D eigenvalue weighted by molar-refractivity contribution is 7.22. The van der Waals surface area contributed by atoms with Gasteiger partial charge in [-0.05, 0) is 100 Å². The third-order valence-electron chi connectivity index (χ3n) is 5.97. The first-order valence-electron chi connectivity index (χ1n) is 12.3. The molecule has 194 valence electrons. The molecule has 0 atom stereocenters. The van der Waals surface area contributed by atoms with Crippen LogP contribution >= 0.6 is 11.3 Å². The van der Waals surface area contributed by atoms with Gasteiger partial charge in [0, 0.05) is 39.2 Å². The fraction of sp³-hybridized carbons (Fsp3) is 0.300. The maximum atomic E-state index is 13.9. The van der Waals surface area contributed by atoms with Crippen LogP contribution in [0.15, 0.2) is 66.7 Å². The van der Waals surface area contributed by atoms with Crippen LogP contribution < -0.4 is 14.2 Å². The summed E-state index contributed by atoms with van der Waals surface area (Å²) in [5.74, 6) is 2.32. The summed E-state index contributed by atoms with van der Waals surface area (Å²) in [5.41, 5.74) is 2.30. The Morgan fingerprint density at radius 3 is 1.84 bits per heavy atom. The molecule has 4 rings (SSSR count). The number of fused-ring (bicyclic) bond motifs is 1. The lowest BCUT2D eigenvalue weighted by molar-refractivity contribution is 0.104. The predicted octanol–water partition coefficient (Wildman–Crippen LogP) is 5.69. The van der Waals surface area contributed by atoms with Gasteiger partial charge in [0.2, 0.25) is 0 Å². The van der Waals surface area contributed by atoms with Gasteiger partial charge >= 0.3 is 0 Å². The maximum Gasteiger partial charge on any atom is 0.195 e. The van der Waals surface area contributed by atoms with E-state index in [1.165, 1.54) is 0 Å². The first-order chi connectivity index (χ1) is 17.9. The molecule has 0 saturated carbocycles. The molecule has 1 aromatic heterocycles. The summed E-state index contributed by atoms with van der Waals surface area (Å²) in [6.45, 7) is 2.88. The number of hydrogen-bond donors (Lipinski definition) is 0. The lowest BCUT2D eigenvalue weighted by Gasteiger charge is -2.12. The van der Waals surface area contributed by atoms with Crippen LogP contribution in [0.3, 0.4) is 0 Å². The summed E-state index contributed by atoms with van der Waals surface area (Å²) in [7, 11) is 9.71. The van der Waals surface area contributed by atoms with E-state index in [4.69, 9.17) is 14.2 Å². The zero-order valence-corrected chi connectivity index (χ0v) is 22.9. The number of nitrogens with zero attached hydrogens (tertiary/aromatic N) is 2. The summed E-state index contributed by atoms with van der Waals surface area (Å²) < 4.78 is 18.1. The van der Waals surface area contributed by atoms with E-state index in [-0.39, 0.29) is 5.78 Å². The highest BCUT2D eigenvalue weighted by Gasteiger charge is 2.22. The second kappa shape index (κ2) is 12.2. The van der Waals surface area contributed by atoms with Crippen LogP contribution in [-0.4, -0.2) is 77.2 Å². The van der Waals surface area contributed by atoms with Crippen LogP contribution in [0.4, 0.5) is 0 Å². The number of carbonyl (C=O) groups excluding carboxylic acids is 1. The lowest BCUT2D eigenvalue weighted by atomic mass is 9.97. The molecule has 0 unspecified atom stereocenters. The van der Waals surface area contributed by atoms with Gasteiger partial charge in [0.15, 0.2) is 5.78 Å². The normalized spacial score (nSPS) is 11.3. The Labute approximate surface area is 223 Å². The van der Waals surface area contributed by atoms with Crippen molar-refractivity contribution in [3.8, 4) is 27.7 Å². The highest BCUT2D eigenvalue weighted by atomic mass is 32.1. The zero-order valence-electron chi connectivity index (χ0n) is 22.1. The molecule has 0 fully saturated rings. The summed E-state index contributed by atoms with van der Waals surface area (Å²) in [6, 6.07) is 21.2. The van der Waals surface area contributed by atoms with Crippen molar-refractivity contribution in [2.75, 3.05) is 61.6 Å². The molecule has 3 aromatic carbocycles.